The van der Waals surface area contributed by atoms with E-state index in [1.165, 1.54) is 12.1 Å². The quantitative estimate of drug-likeness (QED) is 0.781. The molecule has 2 heterocycles. The molecule has 1 N–H and O–H groups in total. The Morgan fingerprint density at radius 2 is 2.50 bits per heavy atom. The maximum Gasteiger partial charge on any atom is 0.0727 e. The summed E-state index contributed by atoms with van der Waals surface area (Å²) in [6.07, 6.45) is 3.14. The lowest BCUT2D eigenvalue weighted by molar-refractivity contribution is 0.425. The van der Waals surface area contributed by atoms with Crippen LogP contribution in [0.3, 0.4) is 0 Å². The van der Waals surface area contributed by atoms with Crippen LogP contribution in [0.4, 0.5) is 0 Å². The molecule has 0 radical (unpaired) electrons. The van der Waals surface area contributed by atoms with Crippen LogP contribution in [0.5, 0.6) is 0 Å². The van der Waals surface area contributed by atoms with Gasteiger partial charge >= 0.3 is 0 Å². The first-order valence-electron chi connectivity index (χ1n) is 5.36. The fourth-order valence-electron chi connectivity index (χ4n) is 1.97. The Labute approximate surface area is 84.7 Å². The van der Waals surface area contributed by atoms with E-state index < -0.39 is 0 Å². The summed E-state index contributed by atoms with van der Waals surface area (Å²) in [5.74, 6) is 1.24. The first-order valence-corrected chi connectivity index (χ1v) is 5.36. The molecule has 0 aromatic carbocycles. The van der Waals surface area contributed by atoms with Crippen molar-refractivity contribution in [3.63, 3.8) is 0 Å². The zero-order chi connectivity index (χ0) is 9.97. The van der Waals surface area contributed by atoms with E-state index in [9.17, 15) is 0 Å². The Kier molecular flexibility index (Phi) is 2.82. The van der Waals surface area contributed by atoms with Crippen LogP contribution in [0.1, 0.15) is 31.9 Å². The van der Waals surface area contributed by atoms with Crippen LogP contribution in [0.25, 0.3) is 0 Å². The highest BCUT2D eigenvalue weighted by molar-refractivity contribution is 5.00. The molecule has 4 heteroatoms. The number of nitrogens with one attached hydrogen (secondary N) is 1. The predicted octanol–water partition coefficient (Wildman–Crippen LogP) is 1.01. The second-order valence-electron chi connectivity index (χ2n) is 4.35. The van der Waals surface area contributed by atoms with Gasteiger partial charge in [0.2, 0.25) is 0 Å². The zero-order valence-electron chi connectivity index (χ0n) is 8.90. The van der Waals surface area contributed by atoms with Crippen molar-refractivity contribution in [1.29, 1.82) is 0 Å². The second-order valence-corrected chi connectivity index (χ2v) is 4.35. The molecule has 1 aliphatic rings. The molecular formula is C10H18N4. The number of nitrogens with zero attached hydrogens (tertiary/aromatic N) is 3. The van der Waals surface area contributed by atoms with Crippen LogP contribution in [-0.4, -0.2) is 28.1 Å². The lowest BCUT2D eigenvalue weighted by atomic mass is 10.1. The molecule has 0 amide bonds. The Morgan fingerprint density at radius 3 is 3.14 bits per heavy atom. The number of hydrogen-bond donors (Lipinski definition) is 1. The normalized spacial score (nSPS) is 22.1. The minimum Gasteiger partial charge on any atom is -0.316 e. The number of hydrogen-bond acceptors (Lipinski definition) is 3. The molecule has 0 spiro atoms. The van der Waals surface area contributed by atoms with Crippen molar-refractivity contribution in [2.75, 3.05) is 13.1 Å². The van der Waals surface area contributed by atoms with Gasteiger partial charge in [0.05, 0.1) is 11.9 Å². The van der Waals surface area contributed by atoms with E-state index >= 15 is 0 Å². The van der Waals surface area contributed by atoms with Crippen molar-refractivity contribution < 1.29 is 0 Å². The Bertz CT molecular complexity index is 286. The SMILES string of the molecule is CC(C)c1cnnn1CC1CCNC1. The molecule has 0 aliphatic carbocycles. The molecule has 78 valence electrons. The summed E-state index contributed by atoms with van der Waals surface area (Å²) in [5.41, 5.74) is 1.25. The van der Waals surface area contributed by atoms with E-state index in [2.05, 4.69) is 34.2 Å². The van der Waals surface area contributed by atoms with E-state index in [1.54, 1.807) is 0 Å². The van der Waals surface area contributed by atoms with Gasteiger partial charge in [-0.05, 0) is 31.3 Å². The minimum absolute atomic E-state index is 0.513. The summed E-state index contributed by atoms with van der Waals surface area (Å²) in [5, 5.41) is 11.5. The highest BCUT2D eigenvalue weighted by atomic mass is 15.4. The Hall–Kier alpha value is -0.900. The molecule has 1 aromatic rings. The van der Waals surface area contributed by atoms with Crippen molar-refractivity contribution in [2.24, 2.45) is 5.92 Å². The highest BCUT2D eigenvalue weighted by Crippen LogP contribution is 2.16. The smallest absolute Gasteiger partial charge is 0.0727 e. The molecule has 4 nitrogen and oxygen atoms in total. The van der Waals surface area contributed by atoms with Gasteiger partial charge in [0, 0.05) is 6.54 Å². The third-order valence-electron chi connectivity index (χ3n) is 2.83. The van der Waals surface area contributed by atoms with Gasteiger partial charge in [0.25, 0.3) is 0 Å². The fraction of sp³-hybridized carbons (Fsp3) is 0.800. The molecule has 14 heavy (non-hydrogen) atoms. The Morgan fingerprint density at radius 1 is 1.64 bits per heavy atom. The predicted molar refractivity (Wildman–Crippen MR) is 55.1 cm³/mol. The summed E-state index contributed by atoms with van der Waals surface area (Å²) < 4.78 is 2.06. The van der Waals surface area contributed by atoms with E-state index in [1.807, 2.05) is 6.20 Å². The van der Waals surface area contributed by atoms with Gasteiger partial charge in [-0.25, -0.2) is 4.68 Å². The average molecular weight is 194 g/mol. The molecule has 1 fully saturated rings. The molecule has 1 saturated heterocycles. The van der Waals surface area contributed by atoms with E-state index in [4.69, 9.17) is 0 Å². The molecule has 2 rings (SSSR count). The van der Waals surface area contributed by atoms with Crippen LogP contribution in [0.2, 0.25) is 0 Å². The van der Waals surface area contributed by atoms with Crippen molar-refractivity contribution in [3.05, 3.63) is 11.9 Å². The van der Waals surface area contributed by atoms with Gasteiger partial charge < -0.3 is 5.32 Å². The average Bonchev–Trinajstić information content (AvgIpc) is 2.75. The summed E-state index contributed by atoms with van der Waals surface area (Å²) in [4.78, 5) is 0. The number of rotatable bonds is 3. The van der Waals surface area contributed by atoms with Gasteiger partial charge in [-0.3, -0.25) is 0 Å². The van der Waals surface area contributed by atoms with Gasteiger partial charge in [-0.1, -0.05) is 19.1 Å². The van der Waals surface area contributed by atoms with Gasteiger partial charge in [-0.2, -0.15) is 0 Å². The van der Waals surface area contributed by atoms with Crippen molar-refractivity contribution in [3.8, 4) is 0 Å². The largest absolute Gasteiger partial charge is 0.316 e. The van der Waals surface area contributed by atoms with Gasteiger partial charge in [0.1, 0.15) is 0 Å². The molecule has 0 bridgehead atoms. The number of aromatic nitrogens is 3. The fourth-order valence-corrected chi connectivity index (χ4v) is 1.97. The van der Waals surface area contributed by atoms with Crippen LogP contribution < -0.4 is 5.32 Å². The van der Waals surface area contributed by atoms with Crippen molar-refractivity contribution in [1.82, 2.24) is 20.3 Å². The summed E-state index contributed by atoms with van der Waals surface area (Å²) >= 11 is 0. The zero-order valence-corrected chi connectivity index (χ0v) is 8.90. The highest BCUT2D eigenvalue weighted by Gasteiger charge is 2.17. The minimum atomic E-state index is 0.513. The molecule has 1 aromatic heterocycles. The van der Waals surface area contributed by atoms with Crippen LogP contribution in [0.15, 0.2) is 6.20 Å². The molecular weight excluding hydrogens is 176 g/mol. The molecule has 0 saturated carbocycles. The molecule has 1 aliphatic heterocycles. The first-order chi connectivity index (χ1) is 6.77. The summed E-state index contributed by atoms with van der Waals surface area (Å²) in [7, 11) is 0. The molecule has 1 atom stereocenters. The van der Waals surface area contributed by atoms with E-state index in [-0.39, 0.29) is 0 Å². The first kappa shape index (κ1) is 9.65. The van der Waals surface area contributed by atoms with Crippen LogP contribution in [-0.2, 0) is 6.54 Å². The maximum absolute atomic E-state index is 4.14. The van der Waals surface area contributed by atoms with Crippen LogP contribution >= 0.6 is 0 Å². The van der Waals surface area contributed by atoms with Crippen LogP contribution in [0, 0.1) is 5.92 Å². The van der Waals surface area contributed by atoms with E-state index in [0.29, 0.717) is 5.92 Å². The van der Waals surface area contributed by atoms with Gasteiger partial charge in [0.15, 0.2) is 0 Å². The van der Waals surface area contributed by atoms with Crippen molar-refractivity contribution in [2.45, 2.75) is 32.7 Å². The van der Waals surface area contributed by atoms with Gasteiger partial charge in [-0.15, -0.1) is 5.10 Å². The summed E-state index contributed by atoms with van der Waals surface area (Å²) in [6, 6.07) is 0. The maximum atomic E-state index is 4.14. The van der Waals surface area contributed by atoms with E-state index in [0.717, 1.165) is 25.6 Å². The van der Waals surface area contributed by atoms with Crippen molar-refractivity contribution >= 4 is 0 Å². The summed E-state index contributed by atoms with van der Waals surface area (Å²) in [6.45, 7) is 7.65. The molecule has 1 unspecified atom stereocenters. The monoisotopic (exact) mass is 194 g/mol. The third-order valence-corrected chi connectivity index (χ3v) is 2.83. The Balaban J connectivity index is 2.04. The lowest BCUT2D eigenvalue weighted by Gasteiger charge is -2.12. The third kappa shape index (κ3) is 1.95. The topological polar surface area (TPSA) is 42.7 Å². The lowest BCUT2D eigenvalue weighted by Crippen LogP contribution is -2.17. The standard InChI is InChI=1S/C10H18N4/c1-8(2)10-6-12-13-14(10)7-9-3-4-11-5-9/h6,8-9,11H,3-5,7H2,1-2H3. The second kappa shape index (κ2) is 4.09.